The van der Waals surface area contributed by atoms with E-state index < -0.39 is 11.5 Å². The van der Waals surface area contributed by atoms with Gasteiger partial charge in [-0.2, -0.15) is 0 Å². The van der Waals surface area contributed by atoms with Gasteiger partial charge in [0.2, 0.25) is 0 Å². The molecule has 3 fully saturated rings. The summed E-state index contributed by atoms with van der Waals surface area (Å²) < 4.78 is 0. The zero-order chi connectivity index (χ0) is 16.3. The maximum atomic E-state index is 11.2. The average Bonchev–Trinajstić information content (AvgIpc) is 2.94. The van der Waals surface area contributed by atoms with Crippen LogP contribution in [-0.4, -0.2) is 22.4 Å². The lowest BCUT2D eigenvalue weighted by Gasteiger charge is -2.62. The molecular weight excluding hydrogens is 272 g/mol. The van der Waals surface area contributed by atoms with Gasteiger partial charge < -0.3 is 10.2 Å². The van der Waals surface area contributed by atoms with Gasteiger partial charge in [-0.25, -0.2) is 0 Å². The van der Waals surface area contributed by atoms with Crippen LogP contribution in [0.3, 0.4) is 0 Å². The minimum atomic E-state index is -0.404. The summed E-state index contributed by atoms with van der Waals surface area (Å²) >= 11 is 0. The quantitative estimate of drug-likeness (QED) is 0.714. The third-order valence-electron chi connectivity index (χ3n) is 8.56. The molecule has 0 amide bonds. The van der Waals surface area contributed by atoms with E-state index in [1.165, 1.54) is 32.1 Å². The van der Waals surface area contributed by atoms with Crippen LogP contribution in [0.1, 0.15) is 66.2 Å². The van der Waals surface area contributed by atoms with E-state index in [0.29, 0.717) is 18.3 Å². The third-order valence-corrected chi connectivity index (χ3v) is 8.56. The molecule has 0 radical (unpaired) electrons. The molecule has 0 unspecified atom stereocenters. The molecule has 0 aromatic rings. The van der Waals surface area contributed by atoms with Crippen LogP contribution in [-0.2, 0) is 0 Å². The molecule has 0 spiro atoms. The number of hydrogen-bond donors (Lipinski definition) is 2. The largest absolute Gasteiger partial charge is 0.393 e. The van der Waals surface area contributed by atoms with Crippen molar-refractivity contribution >= 4 is 0 Å². The van der Waals surface area contributed by atoms with E-state index in [2.05, 4.69) is 34.3 Å². The van der Waals surface area contributed by atoms with Gasteiger partial charge in [-0.3, -0.25) is 0 Å². The fourth-order valence-corrected chi connectivity index (χ4v) is 6.65. The van der Waals surface area contributed by atoms with Crippen molar-refractivity contribution in [2.45, 2.75) is 78.4 Å². The Labute approximate surface area is 136 Å². The van der Waals surface area contributed by atoms with Crippen molar-refractivity contribution in [1.29, 1.82) is 0 Å². The second kappa shape index (κ2) is 5.08. The van der Waals surface area contributed by atoms with Crippen LogP contribution in [0, 0.1) is 34.0 Å². The van der Waals surface area contributed by atoms with Crippen molar-refractivity contribution in [2.24, 2.45) is 34.0 Å². The molecule has 8 atom stereocenters. The number of rotatable bonds is 1. The predicted molar refractivity (Wildman–Crippen MR) is 90.4 cm³/mol. The first-order valence-corrected chi connectivity index (χ1v) is 9.22. The molecule has 3 aliphatic carbocycles. The standard InChI is InChI=1S/C20H34O2/c1-6-18(4)12-16(21)19(5)13(2)9-11-20(14(3)17(18)22)10-7-8-15(19)20/h6,13-17,21-22H,1,7-12H2,2-5H3/t13-,14+,15+,16-,17+,18-,19-,20-/m1/s1. The molecule has 0 saturated heterocycles. The van der Waals surface area contributed by atoms with Gasteiger partial charge in [-0.15, -0.1) is 6.58 Å². The van der Waals surface area contributed by atoms with Crippen molar-refractivity contribution in [1.82, 2.24) is 0 Å². The molecule has 2 N–H and O–H groups in total. The Kier molecular flexibility index (Phi) is 3.81. The van der Waals surface area contributed by atoms with Crippen LogP contribution in [0.5, 0.6) is 0 Å². The topological polar surface area (TPSA) is 40.5 Å². The van der Waals surface area contributed by atoms with Crippen LogP contribution in [0.15, 0.2) is 12.7 Å². The van der Waals surface area contributed by atoms with Crippen molar-refractivity contribution < 1.29 is 10.2 Å². The highest BCUT2D eigenvalue weighted by molar-refractivity contribution is 5.15. The zero-order valence-corrected chi connectivity index (χ0v) is 14.8. The molecule has 22 heavy (non-hydrogen) atoms. The predicted octanol–water partition coefficient (Wildman–Crippen LogP) is 4.16. The minimum Gasteiger partial charge on any atom is -0.393 e. The molecule has 3 saturated carbocycles. The van der Waals surface area contributed by atoms with Crippen molar-refractivity contribution in [2.75, 3.05) is 0 Å². The summed E-state index contributed by atoms with van der Waals surface area (Å²) in [5.74, 6) is 1.38. The molecular formula is C20H34O2. The highest BCUT2D eigenvalue weighted by Gasteiger charge is 2.64. The molecule has 2 heteroatoms. The Hall–Kier alpha value is -0.340. The summed E-state index contributed by atoms with van der Waals surface area (Å²) in [6.45, 7) is 13.0. The Morgan fingerprint density at radius 3 is 2.41 bits per heavy atom. The van der Waals surface area contributed by atoms with Gasteiger partial charge in [0.1, 0.15) is 0 Å². The van der Waals surface area contributed by atoms with Gasteiger partial charge in [0, 0.05) is 5.41 Å². The second-order valence-corrected chi connectivity index (χ2v) is 9.15. The highest BCUT2D eigenvalue weighted by atomic mass is 16.3. The molecule has 2 nitrogen and oxygen atoms in total. The SMILES string of the molecule is C=C[C@]1(C)C[C@@H](O)[C@]2(C)[C@H](C)CC[C@]3(CCC[C@H]32)[C@@H](C)[C@@H]1O. The first kappa shape index (κ1) is 16.5. The monoisotopic (exact) mass is 306 g/mol. The van der Waals surface area contributed by atoms with Crippen molar-refractivity contribution in [3.63, 3.8) is 0 Å². The summed E-state index contributed by atoms with van der Waals surface area (Å²) in [5.41, 5.74) is -0.197. The van der Waals surface area contributed by atoms with Gasteiger partial charge in [-0.1, -0.05) is 40.2 Å². The van der Waals surface area contributed by atoms with Crippen LogP contribution in [0.25, 0.3) is 0 Å². The number of hydrogen-bond acceptors (Lipinski definition) is 2. The van der Waals surface area contributed by atoms with E-state index >= 15 is 0 Å². The minimum absolute atomic E-state index is 0.0204. The van der Waals surface area contributed by atoms with Gasteiger partial charge >= 0.3 is 0 Å². The van der Waals surface area contributed by atoms with E-state index in [4.69, 9.17) is 0 Å². The van der Waals surface area contributed by atoms with Crippen LogP contribution < -0.4 is 0 Å². The lowest BCUT2D eigenvalue weighted by Crippen LogP contribution is -2.61. The summed E-state index contributed by atoms with van der Waals surface area (Å²) in [4.78, 5) is 0. The molecule has 3 rings (SSSR count). The maximum Gasteiger partial charge on any atom is 0.0659 e. The number of aliphatic hydroxyl groups is 2. The van der Waals surface area contributed by atoms with E-state index in [1.807, 2.05) is 6.08 Å². The smallest absolute Gasteiger partial charge is 0.0659 e. The zero-order valence-electron chi connectivity index (χ0n) is 14.8. The van der Waals surface area contributed by atoms with Crippen molar-refractivity contribution in [3.05, 3.63) is 12.7 Å². The van der Waals surface area contributed by atoms with Crippen LogP contribution in [0.4, 0.5) is 0 Å². The number of aliphatic hydroxyl groups excluding tert-OH is 2. The van der Waals surface area contributed by atoms with Crippen LogP contribution in [0.2, 0.25) is 0 Å². The Morgan fingerprint density at radius 1 is 1.09 bits per heavy atom. The second-order valence-electron chi connectivity index (χ2n) is 9.15. The lowest BCUT2D eigenvalue weighted by atomic mass is 9.44. The van der Waals surface area contributed by atoms with Gasteiger partial charge in [-0.05, 0) is 60.7 Å². The molecule has 0 heterocycles. The summed E-state index contributed by atoms with van der Waals surface area (Å²) in [6, 6.07) is 0. The lowest BCUT2D eigenvalue weighted by molar-refractivity contribution is -0.189. The van der Waals surface area contributed by atoms with Gasteiger partial charge in [0.05, 0.1) is 12.2 Å². The highest BCUT2D eigenvalue weighted by Crippen LogP contribution is 2.68. The summed E-state index contributed by atoms with van der Waals surface area (Å²) in [7, 11) is 0. The molecule has 126 valence electrons. The van der Waals surface area contributed by atoms with E-state index in [-0.39, 0.29) is 22.9 Å². The third kappa shape index (κ3) is 1.86. The van der Waals surface area contributed by atoms with E-state index in [1.54, 1.807) is 0 Å². The van der Waals surface area contributed by atoms with E-state index in [0.717, 1.165) is 0 Å². The Balaban J connectivity index is 2.15. The van der Waals surface area contributed by atoms with E-state index in [9.17, 15) is 10.2 Å². The molecule has 3 aliphatic rings. The normalized spacial score (nSPS) is 58.5. The Bertz CT molecular complexity index is 461. The fraction of sp³-hybridized carbons (Fsp3) is 0.900. The fourth-order valence-electron chi connectivity index (χ4n) is 6.65. The maximum absolute atomic E-state index is 11.2. The Morgan fingerprint density at radius 2 is 1.77 bits per heavy atom. The molecule has 0 aromatic carbocycles. The first-order valence-electron chi connectivity index (χ1n) is 9.22. The molecule has 0 aliphatic heterocycles. The van der Waals surface area contributed by atoms with Gasteiger partial charge in [0.25, 0.3) is 0 Å². The summed E-state index contributed by atoms with van der Waals surface area (Å²) in [5, 5.41) is 22.4. The first-order chi connectivity index (χ1) is 10.2. The van der Waals surface area contributed by atoms with Gasteiger partial charge in [0.15, 0.2) is 0 Å². The van der Waals surface area contributed by atoms with Crippen LogP contribution >= 0.6 is 0 Å². The molecule has 2 bridgehead atoms. The average molecular weight is 306 g/mol. The molecule has 0 aromatic heterocycles. The van der Waals surface area contributed by atoms with Crippen molar-refractivity contribution in [3.8, 4) is 0 Å². The summed E-state index contributed by atoms with van der Waals surface area (Å²) in [6.07, 6.45) is 7.87.